The summed E-state index contributed by atoms with van der Waals surface area (Å²) in [6.07, 6.45) is 4.75. The van der Waals surface area contributed by atoms with Gasteiger partial charge in [0.25, 0.3) is 0 Å². The Labute approximate surface area is 141 Å². The van der Waals surface area contributed by atoms with E-state index in [4.69, 9.17) is 11.6 Å². The Balaban J connectivity index is 2.11. The zero-order valence-corrected chi connectivity index (χ0v) is 14.6. The van der Waals surface area contributed by atoms with Crippen molar-refractivity contribution in [2.45, 2.75) is 20.3 Å². The van der Waals surface area contributed by atoms with Crippen molar-refractivity contribution in [2.24, 2.45) is 5.92 Å². The van der Waals surface area contributed by atoms with E-state index in [1.54, 1.807) is 0 Å². The Morgan fingerprint density at radius 3 is 2.76 bits per heavy atom. The second kappa shape index (κ2) is 5.88. The van der Waals surface area contributed by atoms with Crippen molar-refractivity contribution in [2.75, 3.05) is 0 Å². The summed E-state index contributed by atoms with van der Waals surface area (Å²) < 4.78 is 2.88. The van der Waals surface area contributed by atoms with E-state index in [1.807, 2.05) is 35.0 Å². The van der Waals surface area contributed by atoms with E-state index in [-0.39, 0.29) is 0 Å². The van der Waals surface area contributed by atoms with Crippen molar-refractivity contribution >= 4 is 39.8 Å². The molecule has 3 aromatic rings. The minimum absolute atomic E-state index is 0.494. The number of fused-ring (bicyclic) bond motifs is 1. The first kappa shape index (κ1) is 14.7. The highest BCUT2D eigenvalue weighted by atomic mass is 127. The van der Waals surface area contributed by atoms with E-state index in [9.17, 15) is 0 Å². The minimum atomic E-state index is 0.494. The molecule has 3 aromatic heterocycles. The molecule has 0 aliphatic heterocycles. The van der Waals surface area contributed by atoms with Gasteiger partial charge in [0.15, 0.2) is 5.82 Å². The molecule has 0 unspecified atom stereocenters. The van der Waals surface area contributed by atoms with E-state index < -0.39 is 0 Å². The summed E-state index contributed by atoms with van der Waals surface area (Å²) in [6, 6.07) is 5.87. The van der Waals surface area contributed by atoms with Crippen LogP contribution in [-0.2, 0) is 6.42 Å². The molecule has 21 heavy (non-hydrogen) atoms. The molecule has 6 heteroatoms. The predicted molar refractivity (Wildman–Crippen MR) is 92.5 cm³/mol. The first-order valence-electron chi connectivity index (χ1n) is 6.70. The van der Waals surface area contributed by atoms with E-state index in [0.29, 0.717) is 16.9 Å². The molecule has 0 fully saturated rings. The highest BCUT2D eigenvalue weighted by Crippen LogP contribution is 2.25. The maximum Gasteiger partial charge on any atom is 0.181 e. The first-order valence-corrected chi connectivity index (χ1v) is 8.16. The smallest absolute Gasteiger partial charge is 0.181 e. The van der Waals surface area contributed by atoms with Gasteiger partial charge in [0.05, 0.1) is 9.26 Å². The van der Waals surface area contributed by atoms with E-state index >= 15 is 0 Å². The summed E-state index contributed by atoms with van der Waals surface area (Å²) in [4.78, 5) is 13.6. The number of nitrogens with zero attached hydrogens (tertiary/aromatic N) is 4. The van der Waals surface area contributed by atoms with E-state index in [0.717, 1.165) is 27.0 Å². The fourth-order valence-corrected chi connectivity index (χ4v) is 2.79. The van der Waals surface area contributed by atoms with Gasteiger partial charge >= 0.3 is 0 Å². The third-order valence-electron chi connectivity index (χ3n) is 3.07. The molecule has 108 valence electrons. The van der Waals surface area contributed by atoms with Gasteiger partial charge in [0, 0.05) is 12.4 Å². The molecule has 0 saturated heterocycles. The van der Waals surface area contributed by atoms with Crippen LogP contribution >= 0.6 is 34.2 Å². The normalized spacial score (nSPS) is 11.5. The van der Waals surface area contributed by atoms with Gasteiger partial charge in [0.2, 0.25) is 0 Å². The second-order valence-electron chi connectivity index (χ2n) is 5.29. The fourth-order valence-electron chi connectivity index (χ4n) is 2.14. The molecule has 3 rings (SSSR count). The Morgan fingerprint density at radius 2 is 2.05 bits per heavy atom. The van der Waals surface area contributed by atoms with Crippen molar-refractivity contribution in [1.29, 1.82) is 0 Å². The fraction of sp³-hybridized carbons (Fsp3) is 0.267. The average molecular weight is 413 g/mol. The van der Waals surface area contributed by atoms with Crippen LogP contribution in [0.1, 0.15) is 19.5 Å². The summed E-state index contributed by atoms with van der Waals surface area (Å²) >= 11 is 8.46. The number of imidazole rings is 1. The molecular weight excluding hydrogens is 399 g/mol. The van der Waals surface area contributed by atoms with Crippen LogP contribution in [0.3, 0.4) is 0 Å². The number of hydrogen-bond donors (Lipinski definition) is 0. The number of hydrogen-bond acceptors (Lipinski definition) is 3. The number of halogens is 2. The lowest BCUT2D eigenvalue weighted by Gasteiger charge is -2.09. The number of rotatable bonds is 3. The van der Waals surface area contributed by atoms with Crippen molar-refractivity contribution in [3.63, 3.8) is 0 Å². The lowest BCUT2D eigenvalue weighted by atomic mass is 10.1. The van der Waals surface area contributed by atoms with Gasteiger partial charge < -0.3 is 4.40 Å². The molecule has 0 atom stereocenters. The summed E-state index contributed by atoms with van der Waals surface area (Å²) in [5.41, 5.74) is 2.60. The Kier molecular flexibility index (Phi) is 4.12. The zero-order valence-electron chi connectivity index (χ0n) is 11.7. The van der Waals surface area contributed by atoms with Gasteiger partial charge in [-0.15, -0.1) is 0 Å². The SMILES string of the molecule is CC(C)Cc1nc(-c2cn3ccccc3n2)nc(Cl)c1I. The summed E-state index contributed by atoms with van der Waals surface area (Å²) in [6.45, 7) is 4.33. The standard InChI is InChI=1S/C15H14ClIN4/c1-9(2)7-10-13(17)14(16)20-15(19-10)11-8-21-6-4-3-5-12(21)18-11/h3-6,8-9H,7H2,1-2H3. The summed E-state index contributed by atoms with van der Waals surface area (Å²) in [7, 11) is 0. The largest absolute Gasteiger partial charge is 0.306 e. The van der Waals surface area contributed by atoms with Gasteiger partial charge in [-0.1, -0.05) is 31.5 Å². The third-order valence-corrected chi connectivity index (χ3v) is 4.80. The maximum absolute atomic E-state index is 6.26. The molecule has 0 aromatic carbocycles. The van der Waals surface area contributed by atoms with Crippen LogP contribution < -0.4 is 0 Å². The van der Waals surface area contributed by atoms with Crippen LogP contribution in [0.25, 0.3) is 17.2 Å². The van der Waals surface area contributed by atoms with Crippen LogP contribution in [-0.4, -0.2) is 19.4 Å². The molecule has 0 spiro atoms. The molecular formula is C15H14ClIN4. The summed E-state index contributed by atoms with van der Waals surface area (Å²) in [5.74, 6) is 1.10. The van der Waals surface area contributed by atoms with Crippen LogP contribution in [0, 0.1) is 9.49 Å². The first-order chi connectivity index (χ1) is 10.0. The quantitative estimate of drug-likeness (QED) is 0.477. The van der Waals surface area contributed by atoms with Crippen LogP contribution in [0.15, 0.2) is 30.6 Å². The van der Waals surface area contributed by atoms with Gasteiger partial charge in [-0.3, -0.25) is 0 Å². The molecule has 0 N–H and O–H groups in total. The Morgan fingerprint density at radius 1 is 1.24 bits per heavy atom. The van der Waals surface area contributed by atoms with Gasteiger partial charge in [0.1, 0.15) is 16.5 Å². The average Bonchev–Trinajstić information content (AvgIpc) is 2.87. The van der Waals surface area contributed by atoms with Crippen molar-refractivity contribution in [3.05, 3.63) is 45.0 Å². The number of aromatic nitrogens is 4. The van der Waals surface area contributed by atoms with Crippen molar-refractivity contribution in [3.8, 4) is 11.5 Å². The predicted octanol–water partition coefficient (Wildman–Crippen LogP) is 4.25. The minimum Gasteiger partial charge on any atom is -0.306 e. The molecule has 3 heterocycles. The van der Waals surface area contributed by atoms with Crippen LogP contribution in [0.4, 0.5) is 0 Å². The molecule has 0 radical (unpaired) electrons. The maximum atomic E-state index is 6.26. The second-order valence-corrected chi connectivity index (χ2v) is 6.73. The highest BCUT2D eigenvalue weighted by Gasteiger charge is 2.15. The molecule has 4 nitrogen and oxygen atoms in total. The molecule has 0 saturated carbocycles. The lowest BCUT2D eigenvalue weighted by molar-refractivity contribution is 0.632. The highest BCUT2D eigenvalue weighted by molar-refractivity contribution is 14.1. The van der Waals surface area contributed by atoms with Crippen molar-refractivity contribution in [1.82, 2.24) is 19.4 Å². The molecule has 0 bridgehead atoms. The molecule has 0 amide bonds. The van der Waals surface area contributed by atoms with E-state index in [2.05, 4.69) is 51.4 Å². The lowest BCUT2D eigenvalue weighted by Crippen LogP contribution is -2.04. The monoisotopic (exact) mass is 412 g/mol. The topological polar surface area (TPSA) is 43.1 Å². The Bertz CT molecular complexity index is 764. The number of pyridine rings is 1. The van der Waals surface area contributed by atoms with Crippen LogP contribution in [0.5, 0.6) is 0 Å². The van der Waals surface area contributed by atoms with E-state index in [1.165, 1.54) is 0 Å². The Hall–Kier alpha value is -1.21. The summed E-state index contributed by atoms with van der Waals surface area (Å²) in [5, 5.41) is 0.494. The van der Waals surface area contributed by atoms with Crippen LogP contribution in [0.2, 0.25) is 5.15 Å². The van der Waals surface area contributed by atoms with Gasteiger partial charge in [-0.25, -0.2) is 15.0 Å². The van der Waals surface area contributed by atoms with Gasteiger partial charge in [-0.2, -0.15) is 0 Å². The third kappa shape index (κ3) is 3.03. The molecule has 0 aliphatic carbocycles. The molecule has 0 aliphatic rings. The zero-order chi connectivity index (χ0) is 15.0. The van der Waals surface area contributed by atoms with Crippen molar-refractivity contribution < 1.29 is 0 Å². The van der Waals surface area contributed by atoms with Gasteiger partial charge in [-0.05, 0) is 47.1 Å².